The number of hydrogen-bond donors (Lipinski definition) is 1. The van der Waals surface area contributed by atoms with Gasteiger partial charge in [-0.3, -0.25) is 4.79 Å². The highest BCUT2D eigenvalue weighted by atomic mass is 35.5. The molecule has 1 amide bonds. The number of ether oxygens (including phenoxy) is 1. The van der Waals surface area contributed by atoms with Gasteiger partial charge in [-0.1, -0.05) is 23.7 Å². The van der Waals surface area contributed by atoms with E-state index in [1.165, 1.54) is 0 Å². The maximum absolute atomic E-state index is 12.5. The molecular weight excluding hydrogens is 372 g/mol. The van der Waals surface area contributed by atoms with Crippen molar-refractivity contribution in [1.82, 2.24) is 5.32 Å². The summed E-state index contributed by atoms with van der Waals surface area (Å²) in [5.41, 5.74) is 2.04. The summed E-state index contributed by atoms with van der Waals surface area (Å²) in [4.78, 5) is 12.5. The van der Waals surface area contributed by atoms with Crippen molar-refractivity contribution in [3.8, 4) is 24.2 Å². The predicted molar refractivity (Wildman–Crippen MR) is 109 cm³/mol. The molecule has 1 aliphatic rings. The number of amides is 1. The molecule has 28 heavy (non-hydrogen) atoms. The number of halogens is 1. The number of terminal acetylenes is 1. The first kappa shape index (κ1) is 19.8. The fourth-order valence-electron chi connectivity index (χ4n) is 3.39. The van der Waals surface area contributed by atoms with Crippen LogP contribution in [0.3, 0.4) is 0 Å². The zero-order valence-corrected chi connectivity index (χ0v) is 16.2. The van der Waals surface area contributed by atoms with E-state index in [9.17, 15) is 4.79 Å². The molecule has 1 fully saturated rings. The second-order valence-electron chi connectivity index (χ2n) is 6.90. The maximum Gasteiger partial charge on any atom is 0.251 e. The highest BCUT2D eigenvalue weighted by Gasteiger charge is 2.24. The first-order valence-electron chi connectivity index (χ1n) is 9.28. The smallest absolute Gasteiger partial charge is 0.251 e. The lowest BCUT2D eigenvalue weighted by atomic mass is 9.92. The third kappa shape index (κ3) is 5.06. The van der Waals surface area contributed by atoms with Gasteiger partial charge in [0.05, 0.1) is 16.7 Å². The second kappa shape index (κ2) is 9.31. The Bertz CT molecular complexity index is 934. The van der Waals surface area contributed by atoms with Gasteiger partial charge in [0.2, 0.25) is 0 Å². The number of nitrogens with one attached hydrogen (secondary N) is 1. The van der Waals surface area contributed by atoms with Gasteiger partial charge in [-0.2, -0.15) is 5.26 Å². The van der Waals surface area contributed by atoms with Gasteiger partial charge in [0.15, 0.2) is 0 Å². The van der Waals surface area contributed by atoms with Crippen molar-refractivity contribution in [2.45, 2.75) is 44.2 Å². The number of nitriles is 1. The molecule has 0 atom stereocenters. The molecule has 0 aliphatic heterocycles. The number of benzene rings is 2. The Labute approximate surface area is 170 Å². The molecule has 5 heteroatoms. The van der Waals surface area contributed by atoms with Crippen molar-refractivity contribution in [1.29, 1.82) is 5.26 Å². The Morgan fingerprint density at radius 1 is 1.21 bits per heavy atom. The topological polar surface area (TPSA) is 62.1 Å². The zero-order chi connectivity index (χ0) is 19.9. The second-order valence-corrected chi connectivity index (χ2v) is 7.31. The van der Waals surface area contributed by atoms with Crippen molar-refractivity contribution in [2.75, 3.05) is 0 Å². The van der Waals surface area contributed by atoms with Crippen molar-refractivity contribution in [3.63, 3.8) is 0 Å². The van der Waals surface area contributed by atoms with Crippen LogP contribution in [0.15, 0.2) is 42.5 Å². The summed E-state index contributed by atoms with van der Waals surface area (Å²) >= 11 is 6.06. The first-order valence-corrected chi connectivity index (χ1v) is 9.66. The van der Waals surface area contributed by atoms with Crippen LogP contribution >= 0.6 is 11.6 Å². The van der Waals surface area contributed by atoms with Crippen LogP contribution in [0.25, 0.3) is 0 Å². The van der Waals surface area contributed by atoms with Crippen LogP contribution < -0.4 is 10.1 Å². The van der Waals surface area contributed by atoms with E-state index in [1.807, 2.05) is 24.3 Å². The molecular formula is C23H21ClN2O2. The van der Waals surface area contributed by atoms with E-state index in [0.29, 0.717) is 28.3 Å². The number of nitrogens with zero attached hydrogens (tertiary/aromatic N) is 1. The summed E-state index contributed by atoms with van der Waals surface area (Å²) in [5, 5.41) is 12.4. The van der Waals surface area contributed by atoms with E-state index in [1.54, 1.807) is 24.3 Å². The van der Waals surface area contributed by atoms with E-state index in [-0.39, 0.29) is 18.1 Å². The molecule has 2 aromatic rings. The Balaban J connectivity index is 1.51. The summed E-state index contributed by atoms with van der Waals surface area (Å²) < 4.78 is 5.99. The summed E-state index contributed by atoms with van der Waals surface area (Å²) in [5.74, 6) is 3.20. The summed E-state index contributed by atoms with van der Waals surface area (Å²) in [6.45, 7) is 0. The van der Waals surface area contributed by atoms with E-state index in [0.717, 1.165) is 31.2 Å². The molecule has 3 rings (SSSR count). The molecule has 0 spiro atoms. The third-order valence-electron chi connectivity index (χ3n) is 4.87. The van der Waals surface area contributed by atoms with Gasteiger partial charge in [0.1, 0.15) is 11.8 Å². The van der Waals surface area contributed by atoms with E-state index in [2.05, 4.69) is 11.2 Å². The Hall–Kier alpha value is -2.95. The molecule has 1 N–H and O–H groups in total. The van der Waals surface area contributed by atoms with Gasteiger partial charge in [0.25, 0.3) is 5.91 Å². The fraction of sp³-hybridized carbons (Fsp3) is 0.304. The minimum Gasteiger partial charge on any atom is -0.490 e. The van der Waals surface area contributed by atoms with Gasteiger partial charge in [-0.15, -0.1) is 12.3 Å². The minimum atomic E-state index is -0.0675. The van der Waals surface area contributed by atoms with E-state index in [4.69, 9.17) is 28.0 Å². The molecule has 2 aromatic carbocycles. The molecule has 0 bridgehead atoms. The number of carbonyl (C=O) groups is 1. The normalized spacial score (nSPS) is 18.5. The van der Waals surface area contributed by atoms with Crippen LogP contribution in [-0.2, 0) is 6.42 Å². The lowest BCUT2D eigenvalue weighted by molar-refractivity contribution is 0.0894. The SMILES string of the molecule is C#CCc1cccc(C(=O)NC2CCC(Oc3ccc(C#N)c(Cl)c3)CC2)c1. The summed E-state index contributed by atoms with van der Waals surface area (Å²) in [6.07, 6.45) is 9.34. The molecule has 0 saturated heterocycles. The van der Waals surface area contributed by atoms with E-state index < -0.39 is 0 Å². The van der Waals surface area contributed by atoms with Gasteiger partial charge < -0.3 is 10.1 Å². The molecule has 1 aliphatic carbocycles. The first-order chi connectivity index (χ1) is 13.6. The van der Waals surface area contributed by atoms with Gasteiger partial charge in [0, 0.05) is 24.1 Å². The zero-order valence-electron chi connectivity index (χ0n) is 15.5. The number of carbonyl (C=O) groups excluding carboxylic acids is 1. The average Bonchev–Trinajstić information content (AvgIpc) is 2.70. The van der Waals surface area contributed by atoms with Crippen LogP contribution in [0.1, 0.15) is 47.2 Å². The summed E-state index contributed by atoms with van der Waals surface area (Å²) in [6, 6.07) is 14.7. The van der Waals surface area contributed by atoms with Gasteiger partial charge in [-0.25, -0.2) is 0 Å². The Morgan fingerprint density at radius 3 is 2.68 bits per heavy atom. The van der Waals surface area contributed by atoms with Crippen LogP contribution in [0.2, 0.25) is 5.02 Å². The summed E-state index contributed by atoms with van der Waals surface area (Å²) in [7, 11) is 0. The lowest BCUT2D eigenvalue weighted by Gasteiger charge is -2.29. The van der Waals surface area contributed by atoms with Crippen LogP contribution in [0.5, 0.6) is 5.75 Å². The van der Waals surface area contributed by atoms with Crippen LogP contribution in [0, 0.1) is 23.7 Å². The van der Waals surface area contributed by atoms with Crippen molar-refractivity contribution in [2.24, 2.45) is 0 Å². The minimum absolute atomic E-state index is 0.0675. The van der Waals surface area contributed by atoms with Gasteiger partial charge >= 0.3 is 0 Å². The highest BCUT2D eigenvalue weighted by Crippen LogP contribution is 2.27. The molecule has 0 heterocycles. The van der Waals surface area contributed by atoms with Crippen molar-refractivity contribution >= 4 is 17.5 Å². The monoisotopic (exact) mass is 392 g/mol. The third-order valence-corrected chi connectivity index (χ3v) is 5.18. The standard InChI is InChI=1S/C23H21ClN2O2/c1-2-4-16-5-3-6-17(13-16)23(27)26-19-8-11-20(12-9-19)28-21-10-7-18(15-25)22(24)14-21/h1,3,5-7,10,13-14,19-20H,4,8-9,11-12H2,(H,26,27). The lowest BCUT2D eigenvalue weighted by Crippen LogP contribution is -2.39. The van der Waals surface area contributed by atoms with Crippen molar-refractivity contribution in [3.05, 3.63) is 64.2 Å². The molecule has 142 valence electrons. The number of rotatable bonds is 5. The molecule has 0 aromatic heterocycles. The Kier molecular flexibility index (Phi) is 6.58. The molecule has 0 radical (unpaired) electrons. The number of hydrogen-bond acceptors (Lipinski definition) is 3. The average molecular weight is 393 g/mol. The predicted octanol–water partition coefficient (Wildman–Crippen LogP) is 4.51. The Morgan fingerprint density at radius 2 is 2.00 bits per heavy atom. The maximum atomic E-state index is 12.5. The van der Waals surface area contributed by atoms with Gasteiger partial charge in [-0.05, 0) is 55.5 Å². The van der Waals surface area contributed by atoms with Crippen LogP contribution in [-0.4, -0.2) is 18.1 Å². The molecule has 0 unspecified atom stereocenters. The quantitative estimate of drug-likeness (QED) is 0.761. The van der Waals surface area contributed by atoms with E-state index >= 15 is 0 Å². The van der Waals surface area contributed by atoms with Crippen LogP contribution in [0.4, 0.5) is 0 Å². The highest BCUT2D eigenvalue weighted by molar-refractivity contribution is 6.31. The fourth-order valence-corrected chi connectivity index (χ4v) is 3.60. The molecule has 4 nitrogen and oxygen atoms in total. The van der Waals surface area contributed by atoms with Crippen molar-refractivity contribution < 1.29 is 9.53 Å². The molecule has 1 saturated carbocycles. The largest absolute Gasteiger partial charge is 0.490 e.